The Morgan fingerprint density at radius 2 is 1.72 bits per heavy atom. The van der Waals surface area contributed by atoms with Gasteiger partial charge in [-0.05, 0) is 48.5 Å². The standard InChI is InChI=1S/C21H12Cl2N4O5/c22-12-3-5-13(6-4-12)26-20(29)16(19(28)24-21(26)30)10-14-2-1-9-25(14)18-11-15(27(31)32)7-8-17(18)23/h1-11H,(H,24,28,30). The van der Waals surface area contributed by atoms with E-state index in [1.807, 2.05) is 0 Å². The van der Waals surface area contributed by atoms with E-state index in [2.05, 4.69) is 5.32 Å². The van der Waals surface area contributed by atoms with Crippen molar-refractivity contribution in [1.29, 1.82) is 0 Å². The van der Waals surface area contributed by atoms with Crippen molar-refractivity contribution >= 4 is 58.5 Å². The maximum atomic E-state index is 13.0. The molecule has 3 aromatic rings. The molecule has 1 saturated heterocycles. The highest BCUT2D eigenvalue weighted by Crippen LogP contribution is 2.29. The SMILES string of the molecule is O=C1NC(=O)N(c2ccc(Cl)cc2)C(=O)C1=Cc1cccn1-c1cc([N+](=O)[O-])ccc1Cl. The van der Waals surface area contributed by atoms with Gasteiger partial charge >= 0.3 is 6.03 Å². The molecule has 0 saturated carbocycles. The normalized spacial score (nSPS) is 15.2. The van der Waals surface area contributed by atoms with E-state index < -0.39 is 22.8 Å². The van der Waals surface area contributed by atoms with Gasteiger partial charge < -0.3 is 4.57 Å². The van der Waals surface area contributed by atoms with Gasteiger partial charge in [0.15, 0.2) is 0 Å². The van der Waals surface area contributed by atoms with Gasteiger partial charge in [-0.3, -0.25) is 25.0 Å². The maximum Gasteiger partial charge on any atom is 0.335 e. The number of nitro benzene ring substituents is 1. The zero-order valence-electron chi connectivity index (χ0n) is 16.0. The first-order chi connectivity index (χ1) is 15.3. The van der Waals surface area contributed by atoms with Crippen molar-refractivity contribution in [2.75, 3.05) is 4.90 Å². The second-order valence-corrected chi connectivity index (χ2v) is 7.47. The van der Waals surface area contributed by atoms with E-state index >= 15 is 0 Å². The van der Waals surface area contributed by atoms with Crippen LogP contribution in [0.5, 0.6) is 0 Å². The van der Waals surface area contributed by atoms with Crippen molar-refractivity contribution in [2.45, 2.75) is 0 Å². The number of amides is 4. The highest BCUT2D eigenvalue weighted by molar-refractivity contribution is 6.39. The Hall–Kier alpha value is -3.95. The van der Waals surface area contributed by atoms with Crippen LogP contribution >= 0.6 is 23.2 Å². The molecule has 9 nitrogen and oxygen atoms in total. The number of nitrogens with one attached hydrogen (secondary N) is 1. The van der Waals surface area contributed by atoms with Crippen LogP contribution in [0.2, 0.25) is 10.0 Å². The number of halogens is 2. The number of anilines is 1. The van der Waals surface area contributed by atoms with Crippen molar-refractivity contribution in [3.05, 3.63) is 92.2 Å². The number of hydrogen-bond donors (Lipinski definition) is 1. The van der Waals surface area contributed by atoms with Gasteiger partial charge in [0.25, 0.3) is 17.5 Å². The average molecular weight is 471 g/mol. The van der Waals surface area contributed by atoms with Crippen LogP contribution in [-0.2, 0) is 9.59 Å². The molecule has 1 fully saturated rings. The van der Waals surface area contributed by atoms with Gasteiger partial charge in [-0.15, -0.1) is 0 Å². The summed E-state index contributed by atoms with van der Waals surface area (Å²) < 4.78 is 1.49. The van der Waals surface area contributed by atoms with Crippen LogP contribution in [0.3, 0.4) is 0 Å². The van der Waals surface area contributed by atoms with Crippen molar-refractivity contribution in [2.24, 2.45) is 0 Å². The molecule has 0 radical (unpaired) electrons. The molecule has 1 aliphatic heterocycles. The van der Waals surface area contributed by atoms with Crippen molar-refractivity contribution in [3.63, 3.8) is 0 Å². The number of aromatic nitrogens is 1. The predicted octanol–water partition coefficient (Wildman–Crippen LogP) is 4.36. The summed E-state index contributed by atoms with van der Waals surface area (Å²) in [7, 11) is 0. The molecule has 4 rings (SSSR count). The van der Waals surface area contributed by atoms with Gasteiger partial charge in [0.05, 0.1) is 21.3 Å². The molecule has 160 valence electrons. The number of benzene rings is 2. The minimum absolute atomic E-state index is 0.178. The van der Waals surface area contributed by atoms with Crippen LogP contribution in [0.25, 0.3) is 11.8 Å². The summed E-state index contributed by atoms with van der Waals surface area (Å²) in [4.78, 5) is 49.2. The number of nitrogens with zero attached hydrogens (tertiary/aromatic N) is 3. The number of hydrogen-bond acceptors (Lipinski definition) is 5. The molecule has 0 bridgehead atoms. The first kappa shape index (κ1) is 21.3. The van der Waals surface area contributed by atoms with Crippen LogP contribution in [0.4, 0.5) is 16.2 Å². The third-order valence-corrected chi connectivity index (χ3v) is 5.23. The molecule has 0 atom stereocenters. The molecular formula is C21H12Cl2N4O5. The number of carbonyl (C=O) groups excluding carboxylic acids is 3. The summed E-state index contributed by atoms with van der Waals surface area (Å²) in [5.74, 6) is -1.71. The number of non-ortho nitro benzene ring substituents is 1. The Kier molecular flexibility index (Phi) is 5.52. The molecule has 32 heavy (non-hydrogen) atoms. The van der Waals surface area contributed by atoms with Gasteiger partial charge in [-0.25, -0.2) is 9.69 Å². The second kappa shape index (κ2) is 8.29. The smallest absolute Gasteiger partial charge is 0.315 e. The predicted molar refractivity (Wildman–Crippen MR) is 118 cm³/mol. The van der Waals surface area contributed by atoms with Crippen molar-refractivity contribution in [1.82, 2.24) is 9.88 Å². The van der Waals surface area contributed by atoms with Crippen molar-refractivity contribution < 1.29 is 19.3 Å². The Bertz CT molecular complexity index is 1310. The maximum absolute atomic E-state index is 13.0. The van der Waals surface area contributed by atoms with E-state index in [9.17, 15) is 24.5 Å². The van der Waals surface area contributed by atoms with Crippen molar-refractivity contribution in [3.8, 4) is 5.69 Å². The minimum atomic E-state index is -0.892. The molecule has 0 unspecified atom stereocenters. The van der Waals surface area contributed by atoms with E-state index in [1.54, 1.807) is 18.3 Å². The monoisotopic (exact) mass is 470 g/mol. The zero-order valence-corrected chi connectivity index (χ0v) is 17.5. The Labute approximate surface area is 190 Å². The number of barbiturate groups is 1. The molecule has 0 spiro atoms. The average Bonchev–Trinajstić information content (AvgIpc) is 3.20. The van der Waals surface area contributed by atoms with Crippen LogP contribution < -0.4 is 10.2 Å². The fourth-order valence-corrected chi connectivity index (χ4v) is 3.49. The summed E-state index contributed by atoms with van der Waals surface area (Å²) in [5.41, 5.74) is 0.375. The zero-order chi connectivity index (χ0) is 23.0. The first-order valence-electron chi connectivity index (χ1n) is 9.05. The molecule has 0 aliphatic carbocycles. The van der Waals surface area contributed by atoms with Crippen LogP contribution in [0, 0.1) is 10.1 Å². The van der Waals surface area contributed by atoms with E-state index in [-0.39, 0.29) is 27.7 Å². The molecule has 4 amide bonds. The lowest BCUT2D eigenvalue weighted by Gasteiger charge is -2.26. The van der Waals surface area contributed by atoms with Gasteiger partial charge in [0.2, 0.25) is 0 Å². The quantitative estimate of drug-likeness (QED) is 0.263. The molecule has 2 heterocycles. The van der Waals surface area contributed by atoms with Crippen LogP contribution in [0.15, 0.2) is 66.4 Å². The van der Waals surface area contributed by atoms with Gasteiger partial charge in [-0.2, -0.15) is 0 Å². The van der Waals surface area contributed by atoms with Gasteiger partial charge in [-0.1, -0.05) is 23.2 Å². The van der Waals surface area contributed by atoms with E-state index in [1.165, 1.54) is 53.1 Å². The van der Waals surface area contributed by atoms with Gasteiger partial charge in [0, 0.05) is 29.0 Å². The summed E-state index contributed by atoms with van der Waals surface area (Å²) in [6, 6.07) is 12.2. The van der Waals surface area contributed by atoms with E-state index in [0.717, 1.165) is 4.90 Å². The van der Waals surface area contributed by atoms with Gasteiger partial charge in [0.1, 0.15) is 5.57 Å². The number of nitro groups is 1. The van der Waals surface area contributed by atoms with E-state index in [4.69, 9.17) is 23.2 Å². The van der Waals surface area contributed by atoms with Crippen LogP contribution in [-0.4, -0.2) is 27.3 Å². The van der Waals surface area contributed by atoms with Crippen LogP contribution in [0.1, 0.15) is 5.69 Å². The molecular weight excluding hydrogens is 459 g/mol. The lowest BCUT2D eigenvalue weighted by molar-refractivity contribution is -0.384. The number of urea groups is 1. The molecule has 1 N–H and O–H groups in total. The highest BCUT2D eigenvalue weighted by atomic mass is 35.5. The summed E-state index contributed by atoms with van der Waals surface area (Å²) in [5, 5.41) is 13.9. The molecule has 1 aromatic heterocycles. The number of carbonyl (C=O) groups is 3. The molecule has 2 aromatic carbocycles. The number of imide groups is 2. The molecule has 1 aliphatic rings. The minimum Gasteiger partial charge on any atom is -0.315 e. The molecule has 11 heteroatoms. The lowest BCUT2D eigenvalue weighted by Crippen LogP contribution is -2.54. The Balaban J connectivity index is 1.77. The summed E-state index contributed by atoms with van der Waals surface area (Å²) in [6.07, 6.45) is 2.85. The fraction of sp³-hybridized carbons (Fsp3) is 0. The lowest BCUT2D eigenvalue weighted by atomic mass is 10.1. The third-order valence-electron chi connectivity index (χ3n) is 4.66. The highest BCUT2D eigenvalue weighted by Gasteiger charge is 2.37. The Morgan fingerprint density at radius 3 is 2.41 bits per heavy atom. The Morgan fingerprint density at radius 1 is 1.00 bits per heavy atom. The fourth-order valence-electron chi connectivity index (χ4n) is 3.16. The summed E-state index contributed by atoms with van der Waals surface area (Å²) >= 11 is 12.1. The third kappa shape index (κ3) is 3.86. The number of rotatable bonds is 4. The van der Waals surface area contributed by atoms with E-state index in [0.29, 0.717) is 10.7 Å². The second-order valence-electron chi connectivity index (χ2n) is 6.63. The topological polar surface area (TPSA) is 115 Å². The summed E-state index contributed by atoms with van der Waals surface area (Å²) in [6.45, 7) is 0. The first-order valence-corrected chi connectivity index (χ1v) is 9.80. The largest absolute Gasteiger partial charge is 0.335 e.